The molecule has 0 aromatic carbocycles. The Morgan fingerprint density at radius 3 is 2.62 bits per heavy atom. The molecule has 0 amide bonds. The highest BCUT2D eigenvalue weighted by molar-refractivity contribution is 5.17. The van der Waals surface area contributed by atoms with E-state index < -0.39 is 0 Å². The van der Waals surface area contributed by atoms with E-state index in [1.54, 1.807) is 0 Å². The zero-order valence-corrected chi connectivity index (χ0v) is 10.9. The molecule has 1 N–H and O–H groups in total. The van der Waals surface area contributed by atoms with Crippen LogP contribution in [0.15, 0.2) is 6.20 Å². The van der Waals surface area contributed by atoms with Gasteiger partial charge in [0.05, 0.1) is 6.20 Å². The Kier molecular flexibility index (Phi) is 6.16. The van der Waals surface area contributed by atoms with Gasteiger partial charge in [0, 0.05) is 24.3 Å². The Morgan fingerprint density at radius 1 is 1.19 bits per heavy atom. The lowest BCUT2D eigenvalue weighted by Gasteiger charge is -2.08. The number of hydrogen-bond donors (Lipinski definition) is 1. The molecular formula is C13H25N3. The lowest BCUT2D eigenvalue weighted by Crippen LogP contribution is -2.15. The van der Waals surface area contributed by atoms with Crippen molar-refractivity contribution >= 4 is 0 Å². The first-order valence-corrected chi connectivity index (χ1v) is 6.57. The topological polar surface area (TPSA) is 29.9 Å². The van der Waals surface area contributed by atoms with Crippen molar-refractivity contribution in [2.24, 2.45) is 0 Å². The summed E-state index contributed by atoms with van der Waals surface area (Å²) in [5, 5.41) is 7.93. The van der Waals surface area contributed by atoms with E-state index in [1.807, 2.05) is 6.20 Å². The Balaban J connectivity index is 2.66. The van der Waals surface area contributed by atoms with Gasteiger partial charge in [-0.15, -0.1) is 0 Å². The van der Waals surface area contributed by atoms with Crippen LogP contribution in [0.2, 0.25) is 0 Å². The highest BCUT2D eigenvalue weighted by atomic mass is 15.3. The number of nitrogens with one attached hydrogen (secondary N) is 1. The highest BCUT2D eigenvalue weighted by Gasteiger charge is 2.08. The summed E-state index contributed by atoms with van der Waals surface area (Å²) in [7, 11) is 0. The molecule has 0 aliphatic rings. The van der Waals surface area contributed by atoms with Gasteiger partial charge in [-0.2, -0.15) is 5.10 Å². The van der Waals surface area contributed by atoms with Gasteiger partial charge in [-0.3, -0.25) is 4.68 Å². The molecule has 0 aliphatic heterocycles. The summed E-state index contributed by atoms with van der Waals surface area (Å²) in [4.78, 5) is 0. The molecule has 1 heterocycles. The van der Waals surface area contributed by atoms with Crippen LogP contribution in [-0.2, 0) is 19.5 Å². The molecule has 0 bridgehead atoms. The van der Waals surface area contributed by atoms with Crippen molar-refractivity contribution in [3.05, 3.63) is 17.5 Å². The monoisotopic (exact) mass is 223 g/mol. The van der Waals surface area contributed by atoms with Gasteiger partial charge >= 0.3 is 0 Å². The molecule has 0 saturated carbocycles. The first kappa shape index (κ1) is 13.2. The van der Waals surface area contributed by atoms with Crippen molar-refractivity contribution in [2.75, 3.05) is 6.54 Å². The summed E-state index contributed by atoms with van der Waals surface area (Å²) < 4.78 is 2.17. The first-order chi connectivity index (χ1) is 7.83. The molecule has 0 unspecified atom stereocenters. The van der Waals surface area contributed by atoms with Crippen molar-refractivity contribution in [1.82, 2.24) is 15.1 Å². The number of hydrogen-bond acceptors (Lipinski definition) is 2. The maximum absolute atomic E-state index is 4.48. The van der Waals surface area contributed by atoms with Gasteiger partial charge in [0.15, 0.2) is 0 Å². The Labute approximate surface area is 99.2 Å². The molecule has 0 fully saturated rings. The summed E-state index contributed by atoms with van der Waals surface area (Å²) in [6.45, 7) is 9.72. The molecular weight excluding hydrogens is 198 g/mol. The van der Waals surface area contributed by atoms with E-state index in [-0.39, 0.29) is 0 Å². The Hall–Kier alpha value is -0.830. The SMILES string of the molecule is CCCNCc1cnn(CCC)c1CCC. The van der Waals surface area contributed by atoms with Gasteiger partial charge in [-0.05, 0) is 25.8 Å². The van der Waals surface area contributed by atoms with Crippen LogP contribution in [0.25, 0.3) is 0 Å². The average Bonchev–Trinajstić information content (AvgIpc) is 2.64. The van der Waals surface area contributed by atoms with Crippen LogP contribution in [0.3, 0.4) is 0 Å². The minimum atomic E-state index is 0.965. The second kappa shape index (κ2) is 7.44. The molecule has 0 radical (unpaired) electrons. The van der Waals surface area contributed by atoms with E-state index in [0.29, 0.717) is 0 Å². The second-order valence-electron chi connectivity index (χ2n) is 4.27. The van der Waals surface area contributed by atoms with Gasteiger partial charge in [-0.1, -0.05) is 27.2 Å². The predicted molar refractivity (Wildman–Crippen MR) is 68.5 cm³/mol. The van der Waals surface area contributed by atoms with E-state index in [1.165, 1.54) is 24.1 Å². The Bertz CT molecular complexity index is 291. The largest absolute Gasteiger partial charge is 0.313 e. The van der Waals surface area contributed by atoms with Gasteiger partial charge in [0.25, 0.3) is 0 Å². The van der Waals surface area contributed by atoms with Crippen LogP contribution in [0.5, 0.6) is 0 Å². The molecule has 0 spiro atoms. The number of rotatable bonds is 8. The minimum absolute atomic E-state index is 0.965. The van der Waals surface area contributed by atoms with Gasteiger partial charge in [0.2, 0.25) is 0 Å². The summed E-state index contributed by atoms with van der Waals surface area (Å²) in [5.74, 6) is 0. The van der Waals surface area contributed by atoms with E-state index in [4.69, 9.17) is 0 Å². The number of nitrogens with zero attached hydrogens (tertiary/aromatic N) is 2. The zero-order valence-electron chi connectivity index (χ0n) is 10.9. The second-order valence-corrected chi connectivity index (χ2v) is 4.27. The average molecular weight is 223 g/mol. The first-order valence-electron chi connectivity index (χ1n) is 6.57. The minimum Gasteiger partial charge on any atom is -0.313 e. The van der Waals surface area contributed by atoms with Crippen molar-refractivity contribution in [3.8, 4) is 0 Å². The van der Waals surface area contributed by atoms with Crippen LogP contribution in [-0.4, -0.2) is 16.3 Å². The molecule has 16 heavy (non-hydrogen) atoms. The van der Waals surface area contributed by atoms with Crippen LogP contribution in [0.4, 0.5) is 0 Å². The Morgan fingerprint density at radius 2 is 2.00 bits per heavy atom. The van der Waals surface area contributed by atoms with Gasteiger partial charge in [-0.25, -0.2) is 0 Å². The van der Waals surface area contributed by atoms with E-state index in [2.05, 4.69) is 35.9 Å². The van der Waals surface area contributed by atoms with Crippen LogP contribution in [0, 0.1) is 0 Å². The van der Waals surface area contributed by atoms with Crippen molar-refractivity contribution in [3.63, 3.8) is 0 Å². The molecule has 1 rings (SSSR count). The van der Waals surface area contributed by atoms with Crippen molar-refractivity contribution in [1.29, 1.82) is 0 Å². The van der Waals surface area contributed by atoms with Crippen LogP contribution in [0.1, 0.15) is 51.3 Å². The van der Waals surface area contributed by atoms with E-state index >= 15 is 0 Å². The fourth-order valence-electron chi connectivity index (χ4n) is 1.93. The lowest BCUT2D eigenvalue weighted by atomic mass is 10.1. The summed E-state index contributed by atoms with van der Waals surface area (Å²) in [6.07, 6.45) is 6.70. The third-order valence-corrected chi connectivity index (χ3v) is 2.70. The van der Waals surface area contributed by atoms with Crippen LogP contribution >= 0.6 is 0 Å². The van der Waals surface area contributed by atoms with Crippen LogP contribution < -0.4 is 5.32 Å². The predicted octanol–water partition coefficient (Wildman–Crippen LogP) is 2.75. The fraction of sp³-hybridized carbons (Fsp3) is 0.769. The molecule has 0 saturated heterocycles. The highest BCUT2D eigenvalue weighted by Crippen LogP contribution is 2.11. The number of aromatic nitrogens is 2. The van der Waals surface area contributed by atoms with Gasteiger partial charge < -0.3 is 5.32 Å². The molecule has 0 aliphatic carbocycles. The molecule has 1 aromatic rings. The van der Waals surface area contributed by atoms with Crippen molar-refractivity contribution < 1.29 is 0 Å². The molecule has 3 nitrogen and oxygen atoms in total. The van der Waals surface area contributed by atoms with Crippen molar-refractivity contribution in [2.45, 2.75) is 59.5 Å². The standard InChI is InChI=1S/C13H25N3/c1-4-7-13-12(10-14-8-5-2)11-15-16(13)9-6-3/h11,14H,4-10H2,1-3H3. The molecule has 92 valence electrons. The summed E-state index contributed by atoms with van der Waals surface area (Å²) in [6, 6.07) is 0. The zero-order chi connectivity index (χ0) is 11.8. The summed E-state index contributed by atoms with van der Waals surface area (Å²) >= 11 is 0. The maximum Gasteiger partial charge on any atom is 0.0537 e. The molecule has 1 aromatic heterocycles. The summed E-state index contributed by atoms with van der Waals surface area (Å²) in [5.41, 5.74) is 2.80. The smallest absolute Gasteiger partial charge is 0.0537 e. The lowest BCUT2D eigenvalue weighted by molar-refractivity contribution is 0.566. The third-order valence-electron chi connectivity index (χ3n) is 2.70. The fourth-order valence-corrected chi connectivity index (χ4v) is 1.93. The normalized spacial score (nSPS) is 10.9. The molecule has 0 atom stereocenters. The quantitative estimate of drug-likeness (QED) is 0.687. The van der Waals surface area contributed by atoms with E-state index in [9.17, 15) is 0 Å². The maximum atomic E-state index is 4.48. The van der Waals surface area contributed by atoms with Gasteiger partial charge in [0.1, 0.15) is 0 Å². The third kappa shape index (κ3) is 3.63. The molecule has 3 heteroatoms. The number of aryl methyl sites for hydroxylation is 1. The van der Waals surface area contributed by atoms with E-state index in [0.717, 1.165) is 32.5 Å².